The lowest BCUT2D eigenvalue weighted by Crippen LogP contribution is -2.26. The average molecular weight is 342 g/mol. The number of nitrogens with one attached hydrogen (secondary N) is 2. The molecule has 0 aliphatic carbocycles. The summed E-state index contributed by atoms with van der Waals surface area (Å²) in [7, 11) is 0. The van der Waals surface area contributed by atoms with Crippen LogP contribution in [0.25, 0.3) is 0 Å². The van der Waals surface area contributed by atoms with E-state index in [4.69, 9.17) is 0 Å². The van der Waals surface area contributed by atoms with E-state index >= 15 is 0 Å². The van der Waals surface area contributed by atoms with Crippen molar-refractivity contribution in [2.24, 2.45) is 5.92 Å². The van der Waals surface area contributed by atoms with Crippen LogP contribution in [0.5, 0.6) is 0 Å². The van der Waals surface area contributed by atoms with Gasteiger partial charge in [-0.15, -0.1) is 0 Å². The molecule has 1 aliphatic heterocycles. The SMILES string of the molecule is O=C(NCCC1CCNC1)c1cc(Br)cc([N+](=O)[O-])c1. The van der Waals surface area contributed by atoms with Crippen molar-refractivity contribution in [3.05, 3.63) is 38.3 Å². The highest BCUT2D eigenvalue weighted by atomic mass is 79.9. The van der Waals surface area contributed by atoms with E-state index in [1.54, 1.807) is 6.07 Å². The minimum atomic E-state index is -0.508. The molecule has 1 aromatic rings. The van der Waals surface area contributed by atoms with Gasteiger partial charge in [0.2, 0.25) is 0 Å². The predicted octanol–water partition coefficient (Wildman–Crippen LogP) is 2.09. The molecule has 1 saturated heterocycles. The molecular weight excluding hydrogens is 326 g/mol. The van der Waals surface area contributed by atoms with Gasteiger partial charge in [0.05, 0.1) is 4.92 Å². The topological polar surface area (TPSA) is 84.3 Å². The van der Waals surface area contributed by atoms with Crippen molar-refractivity contribution in [3.8, 4) is 0 Å². The fourth-order valence-corrected chi connectivity index (χ4v) is 2.74. The van der Waals surface area contributed by atoms with Crippen molar-refractivity contribution in [2.45, 2.75) is 12.8 Å². The van der Waals surface area contributed by atoms with Gasteiger partial charge in [0, 0.05) is 28.7 Å². The molecule has 1 atom stereocenters. The number of benzene rings is 1. The van der Waals surface area contributed by atoms with E-state index in [0.717, 1.165) is 25.9 Å². The number of nitro benzene ring substituents is 1. The molecule has 108 valence electrons. The summed E-state index contributed by atoms with van der Waals surface area (Å²) in [5, 5.41) is 16.8. The first-order valence-electron chi connectivity index (χ1n) is 6.50. The standard InChI is InChI=1S/C13H16BrN3O3/c14-11-5-10(6-12(7-11)17(19)20)13(18)16-4-2-9-1-3-15-8-9/h5-7,9,15H,1-4,8H2,(H,16,18). The fraction of sp³-hybridized carbons (Fsp3) is 0.462. The van der Waals surface area contributed by atoms with E-state index in [0.29, 0.717) is 22.5 Å². The second-order valence-corrected chi connectivity index (χ2v) is 5.77. The lowest BCUT2D eigenvalue weighted by molar-refractivity contribution is -0.385. The van der Waals surface area contributed by atoms with E-state index in [1.807, 2.05) is 0 Å². The van der Waals surface area contributed by atoms with Crippen LogP contribution >= 0.6 is 15.9 Å². The Hall–Kier alpha value is -1.47. The Balaban J connectivity index is 1.92. The smallest absolute Gasteiger partial charge is 0.271 e. The number of carbonyl (C=O) groups is 1. The summed E-state index contributed by atoms with van der Waals surface area (Å²) in [6.45, 7) is 2.63. The molecule has 0 radical (unpaired) electrons. The number of carbonyl (C=O) groups excluding carboxylic acids is 1. The summed E-state index contributed by atoms with van der Waals surface area (Å²) in [5.41, 5.74) is 0.208. The Bertz CT molecular complexity index is 516. The van der Waals surface area contributed by atoms with Gasteiger partial charge in [-0.05, 0) is 37.9 Å². The number of hydrogen-bond donors (Lipinski definition) is 2. The van der Waals surface area contributed by atoms with Gasteiger partial charge in [0.25, 0.3) is 11.6 Å². The summed E-state index contributed by atoms with van der Waals surface area (Å²) in [6, 6.07) is 4.25. The number of nitrogens with zero attached hydrogens (tertiary/aromatic N) is 1. The Labute approximate surface area is 125 Å². The van der Waals surface area contributed by atoms with Gasteiger partial charge in [0.15, 0.2) is 0 Å². The third-order valence-corrected chi connectivity index (χ3v) is 3.81. The third-order valence-electron chi connectivity index (χ3n) is 3.36. The second-order valence-electron chi connectivity index (χ2n) is 4.86. The van der Waals surface area contributed by atoms with E-state index < -0.39 is 4.92 Å². The highest BCUT2D eigenvalue weighted by Crippen LogP contribution is 2.21. The molecule has 1 fully saturated rings. The van der Waals surface area contributed by atoms with Crippen LogP contribution in [0.3, 0.4) is 0 Å². The van der Waals surface area contributed by atoms with Crippen LogP contribution in [0.4, 0.5) is 5.69 Å². The lowest BCUT2D eigenvalue weighted by Gasteiger charge is -2.09. The first-order valence-corrected chi connectivity index (χ1v) is 7.29. The van der Waals surface area contributed by atoms with Crippen LogP contribution in [0.2, 0.25) is 0 Å². The Morgan fingerprint density at radius 2 is 2.30 bits per heavy atom. The summed E-state index contributed by atoms with van der Waals surface area (Å²) in [4.78, 5) is 22.2. The maximum atomic E-state index is 12.0. The summed E-state index contributed by atoms with van der Waals surface area (Å²) < 4.78 is 0.525. The van der Waals surface area contributed by atoms with Gasteiger partial charge in [-0.2, -0.15) is 0 Å². The number of amides is 1. The van der Waals surface area contributed by atoms with E-state index in [9.17, 15) is 14.9 Å². The molecule has 2 N–H and O–H groups in total. The minimum absolute atomic E-state index is 0.0930. The van der Waals surface area contributed by atoms with Crippen molar-refractivity contribution in [2.75, 3.05) is 19.6 Å². The molecule has 1 aromatic carbocycles. The van der Waals surface area contributed by atoms with E-state index in [1.165, 1.54) is 12.1 Å². The minimum Gasteiger partial charge on any atom is -0.352 e. The van der Waals surface area contributed by atoms with E-state index in [2.05, 4.69) is 26.6 Å². The normalized spacial score (nSPS) is 17.9. The van der Waals surface area contributed by atoms with Gasteiger partial charge in [-0.25, -0.2) is 0 Å². The molecule has 1 amide bonds. The van der Waals surface area contributed by atoms with Gasteiger partial charge in [-0.3, -0.25) is 14.9 Å². The molecule has 7 heteroatoms. The molecule has 2 rings (SSSR count). The molecule has 20 heavy (non-hydrogen) atoms. The van der Waals surface area contributed by atoms with Crippen molar-refractivity contribution in [3.63, 3.8) is 0 Å². The van der Waals surface area contributed by atoms with Crippen molar-refractivity contribution >= 4 is 27.5 Å². The zero-order valence-electron chi connectivity index (χ0n) is 10.9. The van der Waals surface area contributed by atoms with Gasteiger partial charge < -0.3 is 10.6 Å². The van der Waals surface area contributed by atoms with Crippen molar-refractivity contribution in [1.29, 1.82) is 0 Å². The van der Waals surface area contributed by atoms with Crippen LogP contribution in [-0.4, -0.2) is 30.5 Å². The van der Waals surface area contributed by atoms with Crippen molar-refractivity contribution in [1.82, 2.24) is 10.6 Å². The molecule has 1 unspecified atom stereocenters. The number of nitro groups is 1. The van der Waals surface area contributed by atoms with Crippen LogP contribution in [0, 0.1) is 16.0 Å². The maximum absolute atomic E-state index is 12.0. The Morgan fingerprint density at radius 1 is 1.50 bits per heavy atom. The van der Waals surface area contributed by atoms with Crippen LogP contribution in [0.15, 0.2) is 22.7 Å². The molecule has 0 spiro atoms. The van der Waals surface area contributed by atoms with Crippen LogP contribution in [-0.2, 0) is 0 Å². The highest BCUT2D eigenvalue weighted by Gasteiger charge is 2.16. The number of non-ortho nitro benzene ring substituents is 1. The molecule has 0 bridgehead atoms. The van der Waals surface area contributed by atoms with Crippen LogP contribution < -0.4 is 10.6 Å². The van der Waals surface area contributed by atoms with Crippen LogP contribution in [0.1, 0.15) is 23.2 Å². The number of hydrogen-bond acceptors (Lipinski definition) is 4. The Kier molecular flexibility index (Phi) is 5.08. The first kappa shape index (κ1) is 14.9. The number of rotatable bonds is 5. The van der Waals surface area contributed by atoms with Gasteiger partial charge in [0.1, 0.15) is 0 Å². The molecule has 6 nitrogen and oxygen atoms in total. The molecule has 1 aliphatic rings. The quantitative estimate of drug-likeness (QED) is 0.634. The van der Waals surface area contributed by atoms with Crippen molar-refractivity contribution < 1.29 is 9.72 Å². The zero-order valence-corrected chi connectivity index (χ0v) is 12.5. The van der Waals surface area contributed by atoms with E-state index in [-0.39, 0.29) is 11.6 Å². The third kappa shape index (κ3) is 4.01. The lowest BCUT2D eigenvalue weighted by atomic mass is 10.1. The summed E-state index contributed by atoms with van der Waals surface area (Å²) >= 11 is 3.18. The highest BCUT2D eigenvalue weighted by molar-refractivity contribution is 9.10. The van der Waals surface area contributed by atoms with Gasteiger partial charge >= 0.3 is 0 Å². The molecule has 0 aromatic heterocycles. The number of halogens is 1. The second kappa shape index (κ2) is 6.81. The summed E-state index contributed by atoms with van der Waals surface area (Å²) in [6.07, 6.45) is 2.06. The first-order chi connectivity index (χ1) is 9.56. The van der Waals surface area contributed by atoms with Gasteiger partial charge in [-0.1, -0.05) is 15.9 Å². The monoisotopic (exact) mass is 341 g/mol. The predicted molar refractivity (Wildman–Crippen MR) is 78.7 cm³/mol. The molecule has 1 heterocycles. The largest absolute Gasteiger partial charge is 0.352 e. The molecule has 0 saturated carbocycles. The average Bonchev–Trinajstić information content (AvgIpc) is 2.91. The maximum Gasteiger partial charge on any atom is 0.271 e. The Morgan fingerprint density at radius 3 is 2.95 bits per heavy atom. The molecular formula is C13H16BrN3O3. The zero-order chi connectivity index (χ0) is 14.5. The fourth-order valence-electron chi connectivity index (χ4n) is 2.26. The summed E-state index contributed by atoms with van der Waals surface area (Å²) in [5.74, 6) is 0.326.